The highest BCUT2D eigenvalue weighted by molar-refractivity contribution is 5.92. The highest BCUT2D eigenvalue weighted by Crippen LogP contribution is 2.40. The summed E-state index contributed by atoms with van der Waals surface area (Å²) in [7, 11) is 0. The average molecular weight is 336 g/mol. The van der Waals surface area contributed by atoms with Gasteiger partial charge >= 0.3 is 5.97 Å². The second kappa shape index (κ2) is 6.01. The van der Waals surface area contributed by atoms with Gasteiger partial charge in [-0.15, -0.1) is 0 Å². The number of aliphatic carboxylic acids is 1. The van der Waals surface area contributed by atoms with Crippen LogP contribution in [0.5, 0.6) is 0 Å². The summed E-state index contributed by atoms with van der Waals surface area (Å²) in [5, 5.41) is 12.7. The zero-order chi connectivity index (χ0) is 17.4. The molecular weight excluding hydrogens is 316 g/mol. The quantitative estimate of drug-likeness (QED) is 0.896. The van der Waals surface area contributed by atoms with Crippen LogP contribution in [0, 0.1) is 11.3 Å². The van der Waals surface area contributed by atoms with Crippen molar-refractivity contribution in [3.05, 3.63) is 60.2 Å². The van der Waals surface area contributed by atoms with E-state index >= 15 is 0 Å². The first-order chi connectivity index (χ1) is 12.1. The molecule has 2 fully saturated rings. The fraction of sp³-hybridized carbons (Fsp3) is 0.300. The summed E-state index contributed by atoms with van der Waals surface area (Å²) in [6.07, 6.45) is 0. The largest absolute Gasteiger partial charge is 0.481 e. The van der Waals surface area contributed by atoms with Crippen LogP contribution in [0.25, 0.3) is 11.1 Å². The maximum Gasteiger partial charge on any atom is 0.313 e. The van der Waals surface area contributed by atoms with E-state index in [9.17, 15) is 14.7 Å². The Morgan fingerprint density at radius 2 is 1.80 bits per heavy atom. The molecule has 2 atom stereocenters. The van der Waals surface area contributed by atoms with Crippen LogP contribution in [-0.2, 0) is 16.1 Å². The van der Waals surface area contributed by atoms with E-state index in [1.54, 1.807) is 4.90 Å². The zero-order valence-corrected chi connectivity index (χ0v) is 13.8. The molecule has 2 aromatic carbocycles. The number of carbonyl (C=O) groups is 2. The van der Waals surface area contributed by atoms with Crippen LogP contribution < -0.4 is 5.32 Å². The van der Waals surface area contributed by atoms with Crippen molar-refractivity contribution in [1.29, 1.82) is 0 Å². The second-order valence-corrected chi connectivity index (χ2v) is 6.90. The number of amides is 1. The number of hydrogen-bond donors (Lipinski definition) is 2. The Bertz CT molecular complexity index is 803. The lowest BCUT2D eigenvalue weighted by Crippen LogP contribution is -2.40. The van der Waals surface area contributed by atoms with Gasteiger partial charge in [-0.1, -0.05) is 54.6 Å². The molecule has 2 aromatic rings. The minimum absolute atomic E-state index is 0.0560. The maximum atomic E-state index is 12.6. The van der Waals surface area contributed by atoms with Gasteiger partial charge < -0.3 is 15.3 Å². The molecule has 0 aliphatic carbocycles. The van der Waals surface area contributed by atoms with E-state index < -0.39 is 17.3 Å². The Labute approximate surface area is 146 Å². The van der Waals surface area contributed by atoms with Gasteiger partial charge in [0, 0.05) is 26.2 Å². The molecule has 0 unspecified atom stereocenters. The number of carbonyl (C=O) groups excluding carboxylic acids is 1. The van der Waals surface area contributed by atoms with E-state index in [2.05, 4.69) is 17.4 Å². The van der Waals surface area contributed by atoms with Crippen LogP contribution in [0.4, 0.5) is 0 Å². The van der Waals surface area contributed by atoms with Gasteiger partial charge in [0.25, 0.3) is 0 Å². The fourth-order valence-electron chi connectivity index (χ4n) is 3.97. The topological polar surface area (TPSA) is 69.6 Å². The molecule has 2 heterocycles. The zero-order valence-electron chi connectivity index (χ0n) is 13.8. The van der Waals surface area contributed by atoms with Crippen LogP contribution >= 0.6 is 0 Å². The molecule has 0 saturated carbocycles. The third-order valence-electron chi connectivity index (χ3n) is 5.40. The first-order valence-corrected chi connectivity index (χ1v) is 8.47. The van der Waals surface area contributed by atoms with Crippen LogP contribution in [0.1, 0.15) is 5.56 Å². The smallest absolute Gasteiger partial charge is 0.313 e. The van der Waals surface area contributed by atoms with Crippen LogP contribution in [-0.4, -0.2) is 41.5 Å². The number of carboxylic acids is 1. The molecule has 1 amide bonds. The fourth-order valence-corrected chi connectivity index (χ4v) is 3.97. The summed E-state index contributed by atoms with van der Waals surface area (Å²) in [6.45, 7) is 1.55. The highest BCUT2D eigenvalue weighted by Gasteiger charge is 2.59. The molecule has 5 heteroatoms. The van der Waals surface area contributed by atoms with Crippen molar-refractivity contribution >= 4 is 11.9 Å². The Morgan fingerprint density at radius 1 is 1.12 bits per heavy atom. The molecule has 128 valence electrons. The van der Waals surface area contributed by atoms with Crippen molar-refractivity contribution in [3.8, 4) is 11.1 Å². The van der Waals surface area contributed by atoms with Gasteiger partial charge in [0.05, 0.1) is 5.92 Å². The van der Waals surface area contributed by atoms with Gasteiger partial charge in [-0.3, -0.25) is 9.59 Å². The summed E-state index contributed by atoms with van der Waals surface area (Å²) in [5.41, 5.74) is 2.32. The maximum absolute atomic E-state index is 12.6. The predicted molar refractivity (Wildman–Crippen MR) is 93.7 cm³/mol. The number of carboxylic acid groups (broad SMARTS) is 1. The van der Waals surface area contributed by atoms with Gasteiger partial charge in [-0.2, -0.15) is 0 Å². The van der Waals surface area contributed by atoms with Gasteiger partial charge in [0.1, 0.15) is 5.41 Å². The highest BCUT2D eigenvalue weighted by atomic mass is 16.4. The van der Waals surface area contributed by atoms with Crippen molar-refractivity contribution < 1.29 is 14.7 Å². The van der Waals surface area contributed by atoms with E-state index in [-0.39, 0.29) is 12.5 Å². The molecule has 2 aliphatic heterocycles. The molecule has 0 spiro atoms. The molecule has 0 aromatic heterocycles. The standard InChI is InChI=1S/C20H20N2O3/c23-18-17-10-21-12-20(17,19(24)25)13-22(18)11-14-6-8-16(9-7-14)15-4-2-1-3-5-15/h1-9,17,21H,10-13H2,(H,24,25)/t17-,20-/m0/s1. The molecule has 0 radical (unpaired) electrons. The molecule has 2 aliphatic rings. The third-order valence-corrected chi connectivity index (χ3v) is 5.40. The summed E-state index contributed by atoms with van der Waals surface area (Å²) in [4.78, 5) is 26.0. The monoisotopic (exact) mass is 336 g/mol. The van der Waals surface area contributed by atoms with E-state index in [0.717, 1.165) is 16.7 Å². The lowest BCUT2D eigenvalue weighted by Gasteiger charge is -2.22. The van der Waals surface area contributed by atoms with Crippen molar-refractivity contribution in [2.24, 2.45) is 11.3 Å². The molecule has 5 nitrogen and oxygen atoms in total. The van der Waals surface area contributed by atoms with Crippen LogP contribution in [0.2, 0.25) is 0 Å². The van der Waals surface area contributed by atoms with Crippen molar-refractivity contribution in [2.75, 3.05) is 19.6 Å². The predicted octanol–water partition coefficient (Wildman–Crippen LogP) is 1.99. The molecule has 25 heavy (non-hydrogen) atoms. The summed E-state index contributed by atoms with van der Waals surface area (Å²) < 4.78 is 0. The normalized spacial score (nSPS) is 25.2. The Balaban J connectivity index is 1.51. The lowest BCUT2D eigenvalue weighted by molar-refractivity contribution is -0.149. The number of fused-ring (bicyclic) bond motifs is 1. The number of benzene rings is 2. The molecule has 0 bridgehead atoms. The van der Waals surface area contributed by atoms with Gasteiger partial charge in [-0.05, 0) is 16.7 Å². The second-order valence-electron chi connectivity index (χ2n) is 6.90. The summed E-state index contributed by atoms with van der Waals surface area (Å²) in [5.74, 6) is -1.38. The van der Waals surface area contributed by atoms with E-state index in [0.29, 0.717) is 19.6 Å². The van der Waals surface area contributed by atoms with Crippen molar-refractivity contribution in [2.45, 2.75) is 6.54 Å². The first-order valence-electron chi connectivity index (χ1n) is 8.47. The van der Waals surface area contributed by atoms with E-state index in [4.69, 9.17) is 0 Å². The van der Waals surface area contributed by atoms with Crippen molar-refractivity contribution in [3.63, 3.8) is 0 Å². The molecule has 2 saturated heterocycles. The van der Waals surface area contributed by atoms with Gasteiger partial charge in [-0.25, -0.2) is 0 Å². The first kappa shape index (κ1) is 15.8. The minimum atomic E-state index is -0.971. The van der Waals surface area contributed by atoms with Crippen molar-refractivity contribution in [1.82, 2.24) is 10.2 Å². The molecule has 2 N–H and O–H groups in total. The van der Waals surface area contributed by atoms with Crippen LogP contribution in [0.15, 0.2) is 54.6 Å². The molecular formula is C20H20N2O3. The van der Waals surface area contributed by atoms with E-state index in [1.165, 1.54) is 0 Å². The Hall–Kier alpha value is -2.66. The average Bonchev–Trinajstić information content (AvgIpc) is 3.17. The number of rotatable bonds is 4. The lowest BCUT2D eigenvalue weighted by atomic mass is 9.81. The SMILES string of the molecule is O=C1[C@@H]2CNC[C@]2(C(=O)O)CN1Cc1ccc(-c2ccccc2)cc1. The van der Waals surface area contributed by atoms with Crippen LogP contribution in [0.3, 0.4) is 0 Å². The Morgan fingerprint density at radius 3 is 2.44 bits per heavy atom. The third kappa shape index (κ3) is 2.61. The number of nitrogens with one attached hydrogen (secondary N) is 1. The number of hydrogen-bond acceptors (Lipinski definition) is 3. The van der Waals surface area contributed by atoms with Gasteiger partial charge in [0.2, 0.25) is 5.91 Å². The van der Waals surface area contributed by atoms with Gasteiger partial charge in [0.15, 0.2) is 0 Å². The number of likely N-dealkylation sites (tertiary alicyclic amines) is 1. The minimum Gasteiger partial charge on any atom is -0.481 e. The molecule has 4 rings (SSSR count). The Kier molecular flexibility index (Phi) is 3.81. The number of nitrogens with zero attached hydrogens (tertiary/aromatic N) is 1. The summed E-state index contributed by atoms with van der Waals surface area (Å²) in [6, 6.07) is 18.2. The van der Waals surface area contributed by atoms with E-state index in [1.807, 2.05) is 42.5 Å². The summed E-state index contributed by atoms with van der Waals surface area (Å²) >= 11 is 0.